The van der Waals surface area contributed by atoms with Crippen molar-refractivity contribution in [2.45, 2.75) is 44.9 Å². The van der Waals surface area contributed by atoms with E-state index in [1.807, 2.05) is 24.3 Å². The van der Waals surface area contributed by atoms with Gasteiger partial charge in [-0.15, -0.1) is 0 Å². The third-order valence-corrected chi connectivity index (χ3v) is 5.02. The number of aliphatic hydroxyl groups is 1. The number of anilines is 1. The summed E-state index contributed by atoms with van der Waals surface area (Å²) in [7, 11) is 0. The molecule has 3 rings (SSSR count). The van der Waals surface area contributed by atoms with Crippen LogP contribution in [0.3, 0.4) is 0 Å². The molecule has 2 aromatic carbocycles. The second-order valence-corrected chi connectivity index (χ2v) is 6.83. The first-order chi connectivity index (χ1) is 12.2. The maximum absolute atomic E-state index is 10.2. The molecule has 2 aromatic rings. The predicted octanol–water partition coefficient (Wildman–Crippen LogP) is 3.91. The predicted molar refractivity (Wildman–Crippen MR) is 102 cm³/mol. The topological polar surface area (TPSA) is 55.7 Å². The SMILES string of the molecule is CC[C@@H](Nc1ccccc1CN1CCC(O)CC1)c1ccccc1O. The number of nitrogens with zero attached hydrogens (tertiary/aromatic N) is 1. The normalized spacial score (nSPS) is 17.4. The highest BCUT2D eigenvalue weighted by Crippen LogP contribution is 2.31. The minimum absolute atomic E-state index is 0.0746. The Morgan fingerprint density at radius 2 is 1.76 bits per heavy atom. The van der Waals surface area contributed by atoms with Gasteiger partial charge in [-0.1, -0.05) is 43.3 Å². The van der Waals surface area contributed by atoms with Crippen LogP contribution in [-0.4, -0.2) is 34.3 Å². The molecule has 1 aliphatic heterocycles. The quantitative estimate of drug-likeness (QED) is 0.746. The van der Waals surface area contributed by atoms with Gasteiger partial charge in [0.05, 0.1) is 12.1 Å². The lowest BCUT2D eigenvalue weighted by atomic mass is 10.0. The molecule has 1 fully saturated rings. The van der Waals surface area contributed by atoms with Gasteiger partial charge in [0.2, 0.25) is 0 Å². The second kappa shape index (κ2) is 8.37. The van der Waals surface area contributed by atoms with Crippen LogP contribution in [0.1, 0.15) is 43.4 Å². The zero-order chi connectivity index (χ0) is 17.6. The zero-order valence-corrected chi connectivity index (χ0v) is 14.9. The van der Waals surface area contributed by atoms with E-state index in [4.69, 9.17) is 0 Å². The number of nitrogens with one attached hydrogen (secondary N) is 1. The molecule has 0 radical (unpaired) electrons. The molecule has 0 unspecified atom stereocenters. The fourth-order valence-corrected chi connectivity index (χ4v) is 3.49. The van der Waals surface area contributed by atoms with Gasteiger partial charge in [-0.2, -0.15) is 0 Å². The van der Waals surface area contributed by atoms with Crippen molar-refractivity contribution in [3.63, 3.8) is 0 Å². The summed E-state index contributed by atoms with van der Waals surface area (Å²) in [5.74, 6) is 0.337. The van der Waals surface area contributed by atoms with Crippen LogP contribution >= 0.6 is 0 Å². The Kier molecular flexibility index (Phi) is 5.95. The molecular formula is C21H28N2O2. The summed E-state index contributed by atoms with van der Waals surface area (Å²) in [5.41, 5.74) is 3.30. The van der Waals surface area contributed by atoms with E-state index in [0.29, 0.717) is 5.75 Å². The summed E-state index contributed by atoms with van der Waals surface area (Å²) >= 11 is 0. The monoisotopic (exact) mass is 340 g/mol. The van der Waals surface area contributed by atoms with Gasteiger partial charge in [-0.25, -0.2) is 0 Å². The number of aromatic hydroxyl groups is 1. The molecule has 134 valence electrons. The molecule has 0 saturated carbocycles. The smallest absolute Gasteiger partial charge is 0.120 e. The maximum atomic E-state index is 10.2. The van der Waals surface area contributed by atoms with Crippen LogP contribution in [0.25, 0.3) is 0 Å². The number of piperidine rings is 1. The highest BCUT2D eigenvalue weighted by Gasteiger charge is 2.19. The van der Waals surface area contributed by atoms with Crippen LogP contribution in [0.15, 0.2) is 48.5 Å². The van der Waals surface area contributed by atoms with Gasteiger partial charge < -0.3 is 15.5 Å². The van der Waals surface area contributed by atoms with E-state index in [-0.39, 0.29) is 12.1 Å². The van der Waals surface area contributed by atoms with Crippen LogP contribution in [0.5, 0.6) is 5.75 Å². The van der Waals surface area contributed by atoms with Crippen molar-refractivity contribution in [1.29, 1.82) is 0 Å². The first-order valence-electron chi connectivity index (χ1n) is 9.20. The van der Waals surface area contributed by atoms with Gasteiger partial charge in [0, 0.05) is 30.9 Å². The number of hydrogen-bond donors (Lipinski definition) is 3. The van der Waals surface area contributed by atoms with Crippen molar-refractivity contribution in [2.24, 2.45) is 0 Å². The Balaban J connectivity index is 1.75. The van der Waals surface area contributed by atoms with E-state index in [1.54, 1.807) is 6.07 Å². The van der Waals surface area contributed by atoms with E-state index in [0.717, 1.165) is 50.1 Å². The Hall–Kier alpha value is -2.04. The summed E-state index contributed by atoms with van der Waals surface area (Å²) in [6.07, 6.45) is 2.45. The standard InChI is InChI=1S/C21H28N2O2/c1-2-19(18-8-4-6-10-21(18)25)22-20-9-5-3-7-16(20)15-23-13-11-17(24)12-14-23/h3-10,17,19,22,24-25H,2,11-15H2,1H3/t19-/m1/s1. The number of benzene rings is 2. The Morgan fingerprint density at radius 3 is 2.48 bits per heavy atom. The fourth-order valence-electron chi connectivity index (χ4n) is 3.49. The summed E-state index contributed by atoms with van der Waals surface area (Å²) in [4.78, 5) is 2.40. The number of phenolic OH excluding ortho intramolecular Hbond substituents is 1. The van der Waals surface area contributed by atoms with Gasteiger partial charge >= 0.3 is 0 Å². The van der Waals surface area contributed by atoms with Crippen molar-refractivity contribution >= 4 is 5.69 Å². The third kappa shape index (κ3) is 4.53. The van der Waals surface area contributed by atoms with Crippen LogP contribution in [0.2, 0.25) is 0 Å². The van der Waals surface area contributed by atoms with Crippen molar-refractivity contribution in [2.75, 3.05) is 18.4 Å². The van der Waals surface area contributed by atoms with Gasteiger partial charge in [0.15, 0.2) is 0 Å². The van der Waals surface area contributed by atoms with Gasteiger partial charge in [-0.05, 0) is 37.0 Å². The largest absolute Gasteiger partial charge is 0.508 e. The fraction of sp³-hybridized carbons (Fsp3) is 0.429. The second-order valence-electron chi connectivity index (χ2n) is 6.83. The minimum Gasteiger partial charge on any atom is -0.508 e. The number of para-hydroxylation sites is 2. The number of hydrogen-bond acceptors (Lipinski definition) is 4. The van der Waals surface area contributed by atoms with E-state index in [2.05, 4.69) is 35.3 Å². The van der Waals surface area contributed by atoms with Gasteiger partial charge in [0.1, 0.15) is 5.75 Å². The molecule has 0 amide bonds. The molecule has 4 nitrogen and oxygen atoms in total. The summed E-state index contributed by atoms with van der Waals surface area (Å²) in [6.45, 7) is 4.88. The Morgan fingerprint density at radius 1 is 1.08 bits per heavy atom. The highest BCUT2D eigenvalue weighted by molar-refractivity contribution is 5.53. The van der Waals surface area contributed by atoms with Crippen molar-refractivity contribution in [1.82, 2.24) is 4.90 Å². The van der Waals surface area contributed by atoms with Gasteiger partial charge in [-0.3, -0.25) is 4.90 Å². The lowest BCUT2D eigenvalue weighted by molar-refractivity contribution is 0.0793. The molecule has 1 saturated heterocycles. The molecular weight excluding hydrogens is 312 g/mol. The number of aliphatic hydroxyl groups excluding tert-OH is 1. The average Bonchev–Trinajstić information content (AvgIpc) is 2.63. The van der Waals surface area contributed by atoms with E-state index >= 15 is 0 Å². The van der Waals surface area contributed by atoms with Crippen molar-refractivity contribution in [3.8, 4) is 5.75 Å². The van der Waals surface area contributed by atoms with Crippen LogP contribution in [0, 0.1) is 0 Å². The maximum Gasteiger partial charge on any atom is 0.120 e. The first kappa shape index (κ1) is 17.8. The lowest BCUT2D eigenvalue weighted by Crippen LogP contribution is -2.35. The molecule has 3 N–H and O–H groups in total. The third-order valence-electron chi connectivity index (χ3n) is 5.02. The molecule has 1 atom stereocenters. The Labute approximate surface area is 150 Å². The molecule has 0 spiro atoms. The van der Waals surface area contributed by atoms with Crippen LogP contribution < -0.4 is 5.32 Å². The summed E-state index contributed by atoms with van der Waals surface area (Å²) in [6, 6.07) is 16.0. The average molecular weight is 340 g/mol. The number of rotatable bonds is 6. The van der Waals surface area contributed by atoms with Crippen molar-refractivity contribution < 1.29 is 10.2 Å². The lowest BCUT2D eigenvalue weighted by Gasteiger charge is -2.30. The molecule has 0 aromatic heterocycles. The van der Waals surface area contributed by atoms with E-state index < -0.39 is 0 Å². The van der Waals surface area contributed by atoms with Crippen molar-refractivity contribution in [3.05, 3.63) is 59.7 Å². The molecule has 0 bridgehead atoms. The first-order valence-corrected chi connectivity index (χ1v) is 9.20. The minimum atomic E-state index is -0.143. The molecule has 25 heavy (non-hydrogen) atoms. The highest BCUT2D eigenvalue weighted by atomic mass is 16.3. The van der Waals surface area contributed by atoms with E-state index in [1.165, 1.54) is 5.56 Å². The summed E-state index contributed by atoms with van der Waals surface area (Å²) in [5, 5.41) is 23.5. The van der Waals surface area contributed by atoms with Crippen LogP contribution in [-0.2, 0) is 6.54 Å². The van der Waals surface area contributed by atoms with E-state index in [9.17, 15) is 10.2 Å². The zero-order valence-electron chi connectivity index (χ0n) is 14.9. The number of phenols is 1. The summed E-state index contributed by atoms with van der Waals surface area (Å²) < 4.78 is 0. The molecule has 1 aliphatic rings. The molecule has 4 heteroatoms. The van der Waals surface area contributed by atoms with Gasteiger partial charge in [0.25, 0.3) is 0 Å². The number of likely N-dealkylation sites (tertiary alicyclic amines) is 1. The molecule has 1 heterocycles. The van der Waals surface area contributed by atoms with Crippen LogP contribution in [0.4, 0.5) is 5.69 Å². The molecule has 0 aliphatic carbocycles. The Bertz CT molecular complexity index is 681.